The van der Waals surface area contributed by atoms with Crippen molar-refractivity contribution in [3.05, 3.63) is 48.0 Å². The Bertz CT molecular complexity index is 598. The Morgan fingerprint density at radius 2 is 1.54 bits per heavy atom. The van der Waals surface area contributed by atoms with Crippen LogP contribution in [0.3, 0.4) is 0 Å². The fourth-order valence-corrected chi connectivity index (χ4v) is 3.83. The van der Waals surface area contributed by atoms with Gasteiger partial charge in [0, 0.05) is 11.5 Å². The number of unbranched alkanes of at least 4 members (excludes halogenated alkanes) is 3. The van der Waals surface area contributed by atoms with Gasteiger partial charge in [-0.05, 0) is 35.6 Å². The van der Waals surface area contributed by atoms with Crippen LogP contribution >= 0.6 is 0 Å². The zero-order chi connectivity index (χ0) is 16.7. The minimum Gasteiger partial charge on any atom is -0.412 e. The molecule has 0 bridgehead atoms. The Balaban J connectivity index is 0.00000288. The zero-order valence-electron chi connectivity index (χ0n) is 15.6. The molecule has 1 atom stereocenters. The summed E-state index contributed by atoms with van der Waals surface area (Å²) in [7, 11) is 0. The van der Waals surface area contributed by atoms with Crippen molar-refractivity contribution in [1.29, 1.82) is 0 Å². The smallest absolute Gasteiger partial charge is 0.0218 e. The van der Waals surface area contributed by atoms with Crippen LogP contribution in [0.15, 0.2) is 42.5 Å². The van der Waals surface area contributed by atoms with E-state index in [1.54, 1.807) is 0 Å². The molecule has 2 aromatic rings. The lowest BCUT2D eigenvalue weighted by Crippen LogP contribution is -2.44. The fraction of sp³-hybridized carbons (Fsp3) is 0.545. The Labute approximate surface area is 147 Å². The first kappa shape index (κ1) is 20.7. The normalized spacial score (nSPS) is 12.8. The molecule has 2 heteroatoms. The van der Waals surface area contributed by atoms with Crippen LogP contribution in [-0.2, 0) is 0 Å². The second kappa shape index (κ2) is 9.80. The van der Waals surface area contributed by atoms with Crippen molar-refractivity contribution in [2.75, 3.05) is 0 Å². The maximum atomic E-state index is 6.88. The molecule has 24 heavy (non-hydrogen) atoms. The molecule has 0 amide bonds. The summed E-state index contributed by atoms with van der Waals surface area (Å²) in [5.74, 6) is 0.445. The number of benzene rings is 2. The molecule has 2 aromatic carbocycles. The van der Waals surface area contributed by atoms with E-state index < -0.39 is 0 Å². The monoisotopic (exact) mass is 329 g/mol. The van der Waals surface area contributed by atoms with E-state index in [4.69, 9.17) is 5.73 Å². The number of hydrogen-bond acceptors (Lipinski definition) is 1. The van der Waals surface area contributed by atoms with Crippen molar-refractivity contribution in [3.63, 3.8) is 0 Å². The molecule has 0 spiro atoms. The van der Waals surface area contributed by atoms with Crippen LogP contribution in [0.4, 0.5) is 0 Å². The molecule has 2 rings (SSSR count). The minimum atomic E-state index is -0.101. The lowest BCUT2D eigenvalue weighted by atomic mass is 9.72. The van der Waals surface area contributed by atoms with Crippen molar-refractivity contribution in [3.8, 4) is 0 Å². The van der Waals surface area contributed by atoms with Gasteiger partial charge in [0.25, 0.3) is 0 Å². The van der Waals surface area contributed by atoms with Crippen LogP contribution in [0.5, 0.6) is 0 Å². The molecule has 0 saturated carbocycles. The maximum absolute atomic E-state index is 6.88. The van der Waals surface area contributed by atoms with Crippen molar-refractivity contribution in [2.45, 2.75) is 77.2 Å². The molecule has 0 aliphatic rings. The second-order valence-electron chi connectivity index (χ2n) is 6.91. The Kier molecular flexibility index (Phi) is 8.44. The summed E-state index contributed by atoms with van der Waals surface area (Å²) in [5, 5.41) is 2.71. The third-order valence-corrected chi connectivity index (χ3v) is 5.56. The molecule has 2 nitrogen and oxygen atoms in total. The van der Waals surface area contributed by atoms with Gasteiger partial charge >= 0.3 is 0 Å². The molecule has 0 radical (unpaired) electrons. The molecule has 134 valence electrons. The van der Waals surface area contributed by atoms with Crippen LogP contribution in [0, 0.1) is 0 Å². The van der Waals surface area contributed by atoms with Gasteiger partial charge in [0.1, 0.15) is 0 Å². The van der Waals surface area contributed by atoms with Gasteiger partial charge in [0.2, 0.25) is 0 Å². The van der Waals surface area contributed by atoms with E-state index in [2.05, 4.69) is 63.2 Å². The summed E-state index contributed by atoms with van der Waals surface area (Å²) in [4.78, 5) is 0. The minimum absolute atomic E-state index is 0. The molecular weight excluding hydrogens is 294 g/mol. The summed E-state index contributed by atoms with van der Waals surface area (Å²) < 4.78 is 0. The summed E-state index contributed by atoms with van der Waals surface area (Å²) >= 11 is 0. The van der Waals surface area contributed by atoms with Crippen molar-refractivity contribution >= 4 is 10.8 Å². The topological polar surface area (TPSA) is 57.5 Å². The lowest BCUT2D eigenvalue weighted by molar-refractivity contribution is 0.301. The maximum Gasteiger partial charge on any atom is 0.0218 e. The van der Waals surface area contributed by atoms with Gasteiger partial charge in [-0.3, -0.25) is 0 Å². The summed E-state index contributed by atoms with van der Waals surface area (Å²) in [6.07, 6.45) is 8.48. The molecule has 0 aliphatic heterocycles. The highest BCUT2D eigenvalue weighted by atomic mass is 16.0. The Hall–Kier alpha value is -1.38. The van der Waals surface area contributed by atoms with E-state index in [1.165, 1.54) is 48.4 Å². The average molecular weight is 330 g/mol. The zero-order valence-corrected chi connectivity index (χ0v) is 15.6. The first-order valence-corrected chi connectivity index (χ1v) is 9.42. The van der Waals surface area contributed by atoms with Gasteiger partial charge in [0.05, 0.1) is 0 Å². The number of rotatable bonds is 9. The number of hydrogen-bond donors (Lipinski definition) is 1. The molecule has 0 aliphatic carbocycles. The first-order chi connectivity index (χ1) is 11.2. The van der Waals surface area contributed by atoms with E-state index in [-0.39, 0.29) is 11.0 Å². The van der Waals surface area contributed by atoms with Crippen LogP contribution in [0.1, 0.15) is 77.2 Å². The van der Waals surface area contributed by atoms with Crippen molar-refractivity contribution in [2.24, 2.45) is 5.73 Å². The van der Waals surface area contributed by atoms with Gasteiger partial charge in [-0.2, -0.15) is 0 Å². The highest BCUT2D eigenvalue weighted by Crippen LogP contribution is 2.39. The van der Waals surface area contributed by atoms with Gasteiger partial charge < -0.3 is 11.2 Å². The quantitative estimate of drug-likeness (QED) is 0.599. The van der Waals surface area contributed by atoms with E-state index in [0.29, 0.717) is 5.92 Å². The molecule has 0 aromatic heterocycles. The molecule has 0 heterocycles. The SMILES string of the molecule is CCCCCCC(c1cccc2ccccc12)C(N)(CC)CC.O. The third-order valence-electron chi connectivity index (χ3n) is 5.56. The first-order valence-electron chi connectivity index (χ1n) is 9.42. The predicted octanol–water partition coefficient (Wildman–Crippen LogP) is 5.59. The summed E-state index contributed by atoms with van der Waals surface area (Å²) in [6.45, 7) is 6.76. The van der Waals surface area contributed by atoms with E-state index in [9.17, 15) is 0 Å². The van der Waals surface area contributed by atoms with Crippen molar-refractivity contribution < 1.29 is 5.48 Å². The van der Waals surface area contributed by atoms with Crippen LogP contribution in [0.2, 0.25) is 0 Å². The van der Waals surface area contributed by atoms with Gasteiger partial charge in [-0.25, -0.2) is 0 Å². The Morgan fingerprint density at radius 1 is 0.875 bits per heavy atom. The van der Waals surface area contributed by atoms with E-state index in [1.807, 2.05) is 0 Å². The lowest BCUT2D eigenvalue weighted by Gasteiger charge is -2.37. The molecular formula is C22H35NO. The third kappa shape index (κ3) is 4.58. The molecule has 4 N–H and O–H groups in total. The molecule has 0 saturated heterocycles. The van der Waals surface area contributed by atoms with E-state index >= 15 is 0 Å². The standard InChI is InChI=1S/C22H33N.H2O/c1-4-7-8-9-17-21(22(23,5-2)6-3)20-16-12-14-18-13-10-11-15-19(18)20;/h10-16,21H,4-9,17,23H2,1-3H3;1H2. The van der Waals surface area contributed by atoms with Crippen LogP contribution in [-0.4, -0.2) is 11.0 Å². The molecule has 0 fully saturated rings. The molecule has 1 unspecified atom stereocenters. The van der Waals surface area contributed by atoms with Crippen molar-refractivity contribution in [1.82, 2.24) is 0 Å². The van der Waals surface area contributed by atoms with E-state index in [0.717, 1.165) is 12.8 Å². The summed E-state index contributed by atoms with van der Waals surface area (Å²) in [5.41, 5.74) is 8.23. The second-order valence-corrected chi connectivity index (χ2v) is 6.91. The average Bonchev–Trinajstić information content (AvgIpc) is 2.61. The number of nitrogens with two attached hydrogens (primary N) is 1. The Morgan fingerprint density at radius 3 is 2.21 bits per heavy atom. The van der Waals surface area contributed by atoms with Crippen LogP contribution in [0.25, 0.3) is 10.8 Å². The van der Waals surface area contributed by atoms with Gasteiger partial charge in [-0.1, -0.05) is 88.9 Å². The predicted molar refractivity (Wildman–Crippen MR) is 107 cm³/mol. The summed E-state index contributed by atoms with van der Waals surface area (Å²) in [6, 6.07) is 15.5. The van der Waals surface area contributed by atoms with Crippen LogP contribution < -0.4 is 5.73 Å². The fourth-order valence-electron chi connectivity index (χ4n) is 3.83. The van der Waals surface area contributed by atoms with Gasteiger partial charge in [0.15, 0.2) is 0 Å². The van der Waals surface area contributed by atoms with Gasteiger partial charge in [-0.15, -0.1) is 0 Å². The largest absolute Gasteiger partial charge is 0.412 e. The highest BCUT2D eigenvalue weighted by molar-refractivity contribution is 5.86. The number of fused-ring (bicyclic) bond motifs is 1. The highest BCUT2D eigenvalue weighted by Gasteiger charge is 2.33.